The summed E-state index contributed by atoms with van der Waals surface area (Å²) in [5.74, 6) is -0.565. The molecular weight excluding hydrogens is 284 g/mol. The van der Waals surface area contributed by atoms with Gasteiger partial charge in [0.15, 0.2) is 5.43 Å². The molecule has 0 spiro atoms. The Hall–Kier alpha value is -2.92. The fourth-order valence-corrected chi connectivity index (χ4v) is 2.15. The van der Waals surface area contributed by atoms with Gasteiger partial charge in [-0.1, -0.05) is 30.3 Å². The van der Waals surface area contributed by atoms with E-state index in [2.05, 4.69) is 0 Å². The van der Waals surface area contributed by atoms with E-state index in [1.165, 1.54) is 24.5 Å². The zero-order valence-corrected chi connectivity index (χ0v) is 11.5. The molecule has 1 heterocycles. The van der Waals surface area contributed by atoms with E-state index >= 15 is 0 Å². The van der Waals surface area contributed by atoms with Gasteiger partial charge < -0.3 is 14.3 Å². The SMILES string of the molecule is O=C(CO)Oc1ccc2c(=O)c(-c3ccccc3)coc2c1. The van der Waals surface area contributed by atoms with Crippen LogP contribution >= 0.6 is 0 Å². The fourth-order valence-electron chi connectivity index (χ4n) is 2.15. The highest BCUT2D eigenvalue weighted by Gasteiger charge is 2.11. The van der Waals surface area contributed by atoms with Crippen molar-refractivity contribution in [2.75, 3.05) is 6.61 Å². The van der Waals surface area contributed by atoms with E-state index < -0.39 is 12.6 Å². The minimum atomic E-state index is -0.775. The topological polar surface area (TPSA) is 76.7 Å². The van der Waals surface area contributed by atoms with Crippen molar-refractivity contribution in [3.63, 3.8) is 0 Å². The predicted molar refractivity (Wildman–Crippen MR) is 80.6 cm³/mol. The van der Waals surface area contributed by atoms with Gasteiger partial charge in [-0.15, -0.1) is 0 Å². The second-order valence-corrected chi connectivity index (χ2v) is 4.63. The van der Waals surface area contributed by atoms with E-state index in [9.17, 15) is 9.59 Å². The molecule has 0 aliphatic rings. The van der Waals surface area contributed by atoms with Gasteiger partial charge in [0.05, 0.1) is 10.9 Å². The Labute approximate surface area is 125 Å². The van der Waals surface area contributed by atoms with Crippen molar-refractivity contribution in [1.29, 1.82) is 0 Å². The first kappa shape index (κ1) is 14.0. The van der Waals surface area contributed by atoms with Crippen LogP contribution in [0.4, 0.5) is 0 Å². The van der Waals surface area contributed by atoms with E-state index in [0.717, 1.165) is 5.56 Å². The van der Waals surface area contributed by atoms with Crippen molar-refractivity contribution in [1.82, 2.24) is 0 Å². The van der Waals surface area contributed by atoms with Crippen LogP contribution in [0.2, 0.25) is 0 Å². The molecule has 0 bridgehead atoms. The van der Waals surface area contributed by atoms with Crippen LogP contribution in [0.15, 0.2) is 64.0 Å². The molecule has 0 saturated carbocycles. The number of fused-ring (bicyclic) bond motifs is 1. The van der Waals surface area contributed by atoms with Crippen LogP contribution in [-0.4, -0.2) is 17.7 Å². The number of hydrogen-bond donors (Lipinski definition) is 1. The third kappa shape index (κ3) is 2.62. The van der Waals surface area contributed by atoms with Crippen LogP contribution in [-0.2, 0) is 4.79 Å². The van der Waals surface area contributed by atoms with E-state index in [4.69, 9.17) is 14.3 Å². The summed E-state index contributed by atoms with van der Waals surface area (Å²) in [5.41, 5.74) is 1.39. The summed E-state index contributed by atoms with van der Waals surface area (Å²) >= 11 is 0. The molecule has 0 amide bonds. The zero-order chi connectivity index (χ0) is 15.5. The normalized spacial score (nSPS) is 10.6. The lowest BCUT2D eigenvalue weighted by atomic mass is 10.1. The summed E-state index contributed by atoms with van der Waals surface area (Å²) < 4.78 is 10.4. The molecule has 0 aliphatic heterocycles. The van der Waals surface area contributed by atoms with E-state index in [1.807, 2.05) is 30.3 Å². The van der Waals surface area contributed by atoms with E-state index in [-0.39, 0.29) is 11.2 Å². The van der Waals surface area contributed by atoms with Gasteiger partial charge in [0, 0.05) is 6.07 Å². The molecule has 0 saturated heterocycles. The summed E-state index contributed by atoms with van der Waals surface area (Å²) in [7, 11) is 0. The predicted octanol–water partition coefficient (Wildman–Crippen LogP) is 2.36. The van der Waals surface area contributed by atoms with Crippen LogP contribution < -0.4 is 10.2 Å². The highest BCUT2D eigenvalue weighted by molar-refractivity contribution is 5.83. The van der Waals surface area contributed by atoms with Crippen LogP contribution in [0.25, 0.3) is 22.1 Å². The van der Waals surface area contributed by atoms with Gasteiger partial charge in [-0.3, -0.25) is 4.79 Å². The number of aliphatic hydroxyl groups excluding tert-OH is 1. The molecule has 3 aromatic rings. The Morgan fingerprint density at radius 1 is 1.14 bits per heavy atom. The number of rotatable bonds is 3. The largest absolute Gasteiger partial charge is 0.463 e. The number of hydrogen-bond acceptors (Lipinski definition) is 5. The molecular formula is C17H12O5. The number of carbonyl (C=O) groups is 1. The van der Waals surface area contributed by atoms with E-state index in [1.54, 1.807) is 0 Å². The summed E-state index contributed by atoms with van der Waals surface area (Å²) in [5, 5.41) is 9.06. The van der Waals surface area contributed by atoms with E-state index in [0.29, 0.717) is 16.5 Å². The van der Waals surface area contributed by atoms with Crippen molar-refractivity contribution >= 4 is 16.9 Å². The number of aliphatic hydroxyl groups is 1. The first-order valence-electron chi connectivity index (χ1n) is 6.61. The number of esters is 1. The summed E-state index contributed by atoms with van der Waals surface area (Å²) in [6, 6.07) is 13.7. The Morgan fingerprint density at radius 2 is 1.91 bits per heavy atom. The molecule has 0 unspecified atom stereocenters. The molecule has 0 aliphatic carbocycles. The molecule has 3 rings (SSSR count). The molecule has 22 heavy (non-hydrogen) atoms. The average molecular weight is 296 g/mol. The smallest absolute Gasteiger partial charge is 0.337 e. The molecule has 0 fully saturated rings. The van der Waals surface area contributed by atoms with Gasteiger partial charge >= 0.3 is 5.97 Å². The van der Waals surface area contributed by atoms with Crippen molar-refractivity contribution in [3.8, 4) is 16.9 Å². The zero-order valence-electron chi connectivity index (χ0n) is 11.5. The molecule has 110 valence electrons. The first-order chi connectivity index (χ1) is 10.7. The molecule has 5 nitrogen and oxygen atoms in total. The average Bonchev–Trinajstić information content (AvgIpc) is 2.56. The monoisotopic (exact) mass is 296 g/mol. The Bertz CT molecular complexity index is 880. The maximum Gasteiger partial charge on any atom is 0.337 e. The van der Waals surface area contributed by atoms with Gasteiger partial charge in [0.1, 0.15) is 24.2 Å². The molecule has 0 atom stereocenters. The summed E-state index contributed by atoms with van der Waals surface area (Å²) in [6.45, 7) is -0.713. The standard InChI is InChI=1S/C17H12O5/c18-9-16(19)22-12-6-7-13-15(8-12)21-10-14(17(13)20)11-4-2-1-3-5-11/h1-8,10,18H,9H2. The van der Waals surface area contributed by atoms with Crippen molar-refractivity contribution in [3.05, 3.63) is 65.0 Å². The lowest BCUT2D eigenvalue weighted by molar-refractivity contribution is -0.137. The first-order valence-corrected chi connectivity index (χ1v) is 6.61. The van der Waals surface area contributed by atoms with Crippen molar-refractivity contribution in [2.45, 2.75) is 0 Å². The summed E-state index contributed by atoms with van der Waals surface area (Å²) in [4.78, 5) is 23.6. The second-order valence-electron chi connectivity index (χ2n) is 4.63. The Morgan fingerprint density at radius 3 is 2.64 bits per heavy atom. The van der Waals surface area contributed by atoms with Crippen LogP contribution in [0.1, 0.15) is 0 Å². The fraction of sp³-hybridized carbons (Fsp3) is 0.0588. The lowest BCUT2D eigenvalue weighted by Gasteiger charge is -2.05. The Balaban J connectivity index is 2.08. The van der Waals surface area contributed by atoms with Gasteiger partial charge in [0.2, 0.25) is 0 Å². The Kier molecular flexibility index (Phi) is 3.72. The van der Waals surface area contributed by atoms with Crippen LogP contribution in [0.3, 0.4) is 0 Å². The van der Waals surface area contributed by atoms with Crippen molar-refractivity contribution < 1.29 is 19.1 Å². The van der Waals surface area contributed by atoms with Crippen molar-refractivity contribution in [2.24, 2.45) is 0 Å². The third-order valence-electron chi connectivity index (χ3n) is 3.19. The quantitative estimate of drug-likeness (QED) is 0.593. The van der Waals surface area contributed by atoms with Gasteiger partial charge in [-0.05, 0) is 17.7 Å². The molecule has 0 radical (unpaired) electrons. The maximum atomic E-state index is 12.5. The van der Waals surface area contributed by atoms with Crippen LogP contribution in [0.5, 0.6) is 5.75 Å². The maximum absolute atomic E-state index is 12.5. The second kappa shape index (κ2) is 5.83. The highest BCUT2D eigenvalue weighted by Crippen LogP contribution is 2.23. The lowest BCUT2D eigenvalue weighted by Crippen LogP contribution is -2.12. The highest BCUT2D eigenvalue weighted by atomic mass is 16.5. The number of carbonyl (C=O) groups excluding carboxylic acids is 1. The molecule has 2 aromatic carbocycles. The molecule has 1 N–H and O–H groups in total. The number of ether oxygens (including phenoxy) is 1. The minimum absolute atomic E-state index is 0.160. The van der Waals surface area contributed by atoms with Gasteiger partial charge in [0.25, 0.3) is 0 Å². The summed E-state index contributed by atoms with van der Waals surface area (Å²) in [6.07, 6.45) is 1.39. The molecule has 5 heteroatoms. The molecule has 1 aromatic heterocycles. The van der Waals surface area contributed by atoms with Gasteiger partial charge in [-0.25, -0.2) is 4.79 Å². The number of benzene rings is 2. The van der Waals surface area contributed by atoms with Gasteiger partial charge in [-0.2, -0.15) is 0 Å². The minimum Gasteiger partial charge on any atom is -0.463 e. The third-order valence-corrected chi connectivity index (χ3v) is 3.19. The van der Waals surface area contributed by atoms with Crippen LogP contribution in [0, 0.1) is 0 Å².